The lowest BCUT2D eigenvalue weighted by atomic mass is 9.83. The summed E-state index contributed by atoms with van der Waals surface area (Å²) in [5, 5.41) is 9.09. The average molecular weight is 587 g/mol. The van der Waals surface area contributed by atoms with Crippen molar-refractivity contribution in [1.82, 2.24) is 0 Å². The number of unbranched alkanes of at least 4 members (excludes halogenated alkanes) is 5. The van der Waals surface area contributed by atoms with Gasteiger partial charge in [0.15, 0.2) is 16.6 Å². The highest BCUT2D eigenvalue weighted by Gasteiger charge is 2.51. The number of carboxylic acids is 1. The van der Waals surface area contributed by atoms with Crippen LogP contribution in [0.2, 0.25) is 36.3 Å². The van der Waals surface area contributed by atoms with Crippen molar-refractivity contribution in [3.63, 3.8) is 0 Å². The number of alkyl halides is 1. The first kappa shape index (κ1) is 36.5. The van der Waals surface area contributed by atoms with Crippen LogP contribution in [-0.4, -0.2) is 46.1 Å². The second-order valence-electron chi connectivity index (χ2n) is 15.0. The van der Waals surface area contributed by atoms with Gasteiger partial charge < -0.3 is 14.0 Å². The normalized spacial score (nSPS) is 22.9. The van der Waals surface area contributed by atoms with Gasteiger partial charge in [0.1, 0.15) is 6.17 Å². The third kappa shape index (κ3) is 11.7. The van der Waals surface area contributed by atoms with Crippen molar-refractivity contribution < 1.29 is 23.1 Å². The summed E-state index contributed by atoms with van der Waals surface area (Å²) in [4.78, 5) is 10.9. The van der Waals surface area contributed by atoms with E-state index < -0.39 is 28.8 Å². The molecule has 0 spiro atoms. The van der Waals surface area contributed by atoms with Gasteiger partial charge in [0.25, 0.3) is 0 Å². The summed E-state index contributed by atoms with van der Waals surface area (Å²) in [6.45, 7) is 25.2. The van der Waals surface area contributed by atoms with Gasteiger partial charge in [-0.25, -0.2) is 4.39 Å². The van der Waals surface area contributed by atoms with Crippen molar-refractivity contribution in [3.05, 3.63) is 12.2 Å². The third-order valence-corrected chi connectivity index (χ3v) is 18.7. The first-order chi connectivity index (χ1) is 17.8. The molecule has 0 radical (unpaired) electrons. The third-order valence-electron chi connectivity index (χ3n) is 9.72. The summed E-state index contributed by atoms with van der Waals surface area (Å²) in [5.41, 5.74) is 0. The summed E-state index contributed by atoms with van der Waals surface area (Å²) >= 11 is 0. The van der Waals surface area contributed by atoms with Crippen LogP contribution in [0.25, 0.3) is 0 Å². The summed E-state index contributed by atoms with van der Waals surface area (Å²) in [6.07, 6.45) is 12.4. The largest absolute Gasteiger partial charge is 0.481 e. The van der Waals surface area contributed by atoms with Crippen LogP contribution < -0.4 is 0 Å². The van der Waals surface area contributed by atoms with Crippen molar-refractivity contribution in [3.8, 4) is 0 Å². The first-order valence-corrected chi connectivity index (χ1v) is 21.5. The number of carboxylic acid groups (broad SMARTS) is 1. The maximum absolute atomic E-state index is 16.0. The molecule has 1 saturated carbocycles. The molecule has 1 rings (SSSR count). The highest BCUT2D eigenvalue weighted by molar-refractivity contribution is 6.74. The highest BCUT2D eigenvalue weighted by Crippen LogP contribution is 2.48. The van der Waals surface area contributed by atoms with Gasteiger partial charge in [-0.2, -0.15) is 0 Å². The Bertz CT molecular complexity index is 754. The zero-order chi connectivity index (χ0) is 30.1. The fraction of sp³-hybridized carbons (Fsp3) is 0.906. The van der Waals surface area contributed by atoms with Crippen molar-refractivity contribution in [2.45, 2.75) is 174 Å². The molecule has 1 aliphatic carbocycles. The van der Waals surface area contributed by atoms with Crippen LogP contribution in [-0.2, 0) is 13.6 Å². The summed E-state index contributed by atoms with van der Waals surface area (Å²) in [6, 6.07) is 0. The molecule has 0 saturated heterocycles. The summed E-state index contributed by atoms with van der Waals surface area (Å²) in [7, 11) is -4.14. The van der Waals surface area contributed by atoms with Gasteiger partial charge in [0, 0.05) is 18.3 Å². The second kappa shape index (κ2) is 15.6. The monoisotopic (exact) mass is 586 g/mol. The Morgan fingerprint density at radius 1 is 0.949 bits per heavy atom. The molecule has 0 amide bonds. The lowest BCUT2D eigenvalue weighted by Gasteiger charge is -2.45. The zero-order valence-electron chi connectivity index (χ0n) is 27.4. The van der Waals surface area contributed by atoms with E-state index in [2.05, 4.69) is 74.7 Å². The van der Waals surface area contributed by atoms with Gasteiger partial charge in [-0.15, -0.1) is 0 Å². The van der Waals surface area contributed by atoms with Gasteiger partial charge in [-0.05, 0) is 68.4 Å². The lowest BCUT2D eigenvalue weighted by molar-refractivity contribution is -0.137. The number of aliphatic carboxylic acids is 1. The van der Waals surface area contributed by atoms with Gasteiger partial charge in [-0.1, -0.05) is 92.7 Å². The van der Waals surface area contributed by atoms with E-state index in [-0.39, 0.29) is 40.5 Å². The molecule has 0 aromatic rings. The van der Waals surface area contributed by atoms with Crippen LogP contribution in [0.4, 0.5) is 4.39 Å². The van der Waals surface area contributed by atoms with Crippen LogP contribution in [0.15, 0.2) is 12.2 Å². The molecule has 1 N–H and O–H groups in total. The maximum atomic E-state index is 16.0. The smallest absolute Gasteiger partial charge is 0.303 e. The number of carbonyl (C=O) groups is 1. The Morgan fingerprint density at radius 3 is 2.08 bits per heavy atom. The molecule has 0 aromatic heterocycles. The van der Waals surface area contributed by atoms with E-state index in [0.29, 0.717) is 12.8 Å². The van der Waals surface area contributed by atoms with E-state index in [1.165, 1.54) is 25.7 Å². The molecule has 0 aromatic carbocycles. The van der Waals surface area contributed by atoms with Crippen LogP contribution in [0.3, 0.4) is 0 Å². The molecule has 0 heterocycles. The van der Waals surface area contributed by atoms with E-state index in [1.54, 1.807) is 6.08 Å². The maximum Gasteiger partial charge on any atom is 0.303 e. The van der Waals surface area contributed by atoms with E-state index in [4.69, 9.17) is 14.0 Å². The summed E-state index contributed by atoms with van der Waals surface area (Å²) in [5.74, 6) is -0.912. The Hall–Kier alpha value is -0.506. The van der Waals surface area contributed by atoms with Crippen LogP contribution >= 0.6 is 0 Å². The highest BCUT2D eigenvalue weighted by atomic mass is 28.4. The topological polar surface area (TPSA) is 55.8 Å². The predicted octanol–water partition coefficient (Wildman–Crippen LogP) is 10.3. The zero-order valence-corrected chi connectivity index (χ0v) is 29.4. The van der Waals surface area contributed by atoms with Crippen LogP contribution in [0.1, 0.15) is 119 Å². The number of hydrogen-bond donors (Lipinski definition) is 1. The molecule has 39 heavy (non-hydrogen) atoms. The average Bonchev–Trinajstić information content (AvgIpc) is 3.18. The fourth-order valence-corrected chi connectivity index (χ4v) is 7.94. The van der Waals surface area contributed by atoms with Gasteiger partial charge in [-0.3, -0.25) is 4.79 Å². The minimum Gasteiger partial charge on any atom is -0.481 e. The molecular weight excluding hydrogens is 524 g/mol. The minimum atomic E-state index is -2.09. The predicted molar refractivity (Wildman–Crippen MR) is 169 cm³/mol. The van der Waals surface area contributed by atoms with E-state index in [9.17, 15) is 4.79 Å². The first-order valence-electron chi connectivity index (χ1n) is 15.7. The van der Waals surface area contributed by atoms with Crippen molar-refractivity contribution >= 4 is 22.6 Å². The Kier molecular flexibility index (Phi) is 14.7. The molecule has 7 heteroatoms. The van der Waals surface area contributed by atoms with E-state index >= 15 is 4.39 Å². The molecule has 5 atom stereocenters. The van der Waals surface area contributed by atoms with Crippen LogP contribution in [0, 0.1) is 11.8 Å². The lowest BCUT2D eigenvalue weighted by Crippen LogP contribution is -2.51. The molecule has 0 aliphatic heterocycles. The fourth-order valence-electron chi connectivity index (χ4n) is 5.17. The standard InChI is InChI=1S/C32H63FO4Si2/c1-12-13-14-15-18-21-27(36-38(8,9)31(2,3)4)30-25(26(33)20-17-16-19-22-29(34)35)23-24-28(30)37-39(10,11)32(5,6)7/h17,20,25-28,30H,12-16,18-19,21-24H2,1-11H3,(H,34,35)/b20-17-/t25-,26-,27?,28-,30+/m1/s1. The van der Waals surface area contributed by atoms with Crippen molar-refractivity contribution in [1.29, 1.82) is 0 Å². The molecule has 1 aliphatic rings. The SMILES string of the molecule is CCCCCCCC(O[Si](C)(C)C(C)(C)C)[C@@H]1[C@@H]([C@H](F)/C=C\CCCC(=O)O)CC[C@H]1O[Si](C)(C)C(C)(C)C. The molecular formula is C32H63FO4Si2. The molecule has 230 valence electrons. The Morgan fingerprint density at radius 2 is 1.54 bits per heavy atom. The molecule has 4 nitrogen and oxygen atoms in total. The van der Waals surface area contributed by atoms with E-state index in [0.717, 1.165) is 25.7 Å². The molecule has 1 unspecified atom stereocenters. The van der Waals surface area contributed by atoms with E-state index in [1.807, 2.05) is 6.08 Å². The number of rotatable bonds is 17. The Balaban J connectivity index is 3.32. The van der Waals surface area contributed by atoms with Crippen molar-refractivity contribution in [2.24, 2.45) is 11.8 Å². The summed E-state index contributed by atoms with van der Waals surface area (Å²) < 4.78 is 30.3. The van der Waals surface area contributed by atoms with Crippen LogP contribution in [0.5, 0.6) is 0 Å². The number of hydrogen-bond acceptors (Lipinski definition) is 3. The Labute approximate surface area is 243 Å². The van der Waals surface area contributed by atoms with Gasteiger partial charge >= 0.3 is 5.97 Å². The number of allylic oxidation sites excluding steroid dienone is 2. The molecule has 0 bridgehead atoms. The minimum absolute atomic E-state index is 0.00607. The second-order valence-corrected chi connectivity index (χ2v) is 24.5. The number of halogens is 1. The van der Waals surface area contributed by atoms with Crippen molar-refractivity contribution in [2.75, 3.05) is 0 Å². The molecule has 1 fully saturated rings. The quantitative estimate of drug-likeness (QED) is 0.105. The van der Waals surface area contributed by atoms with Gasteiger partial charge in [0.05, 0.1) is 12.2 Å². The van der Waals surface area contributed by atoms with Gasteiger partial charge in [0.2, 0.25) is 0 Å².